The van der Waals surface area contributed by atoms with E-state index >= 15 is 0 Å². The van der Waals surface area contributed by atoms with Crippen molar-refractivity contribution in [3.05, 3.63) is 121 Å². The molecule has 0 atom stereocenters. The van der Waals surface area contributed by atoms with Crippen LogP contribution in [0.4, 0.5) is 0 Å². The predicted molar refractivity (Wildman–Crippen MR) is 131 cm³/mol. The molecular formula is C28H22N2Se. The summed E-state index contributed by atoms with van der Waals surface area (Å²) >= 11 is 0.111. The van der Waals surface area contributed by atoms with Crippen LogP contribution in [-0.4, -0.2) is 24.7 Å². The third-order valence-corrected chi connectivity index (χ3v) is 7.48. The number of benzene rings is 4. The van der Waals surface area contributed by atoms with E-state index < -0.39 is 0 Å². The first-order valence-electron chi connectivity index (χ1n) is 10.3. The van der Waals surface area contributed by atoms with Gasteiger partial charge in [0.1, 0.15) is 0 Å². The van der Waals surface area contributed by atoms with Crippen LogP contribution in [0, 0.1) is 6.92 Å². The van der Waals surface area contributed by atoms with Gasteiger partial charge in [0.25, 0.3) is 0 Å². The summed E-state index contributed by atoms with van der Waals surface area (Å²) in [4.78, 5) is 0. The Morgan fingerprint density at radius 2 is 1.19 bits per heavy atom. The fourth-order valence-corrected chi connectivity index (χ4v) is 5.89. The second kappa shape index (κ2) is 8.77. The SMILES string of the molecule is Cc1ccc(-c2c([Se]c3ccccc3)c(-c3ccccc3)nn2-c2ccccc2)cc1. The number of para-hydroxylation sites is 1. The number of hydrogen-bond donors (Lipinski definition) is 0. The van der Waals surface area contributed by atoms with Gasteiger partial charge in [0.2, 0.25) is 0 Å². The van der Waals surface area contributed by atoms with Crippen LogP contribution in [0.15, 0.2) is 115 Å². The second-order valence-electron chi connectivity index (χ2n) is 7.42. The van der Waals surface area contributed by atoms with Crippen LogP contribution >= 0.6 is 0 Å². The van der Waals surface area contributed by atoms with E-state index in [1.54, 1.807) is 0 Å². The van der Waals surface area contributed by atoms with Crippen molar-refractivity contribution in [3.63, 3.8) is 0 Å². The van der Waals surface area contributed by atoms with E-state index in [9.17, 15) is 0 Å². The molecule has 5 rings (SSSR count). The molecule has 0 bridgehead atoms. The molecule has 4 aromatic carbocycles. The molecule has 0 saturated heterocycles. The van der Waals surface area contributed by atoms with Crippen molar-refractivity contribution in [2.45, 2.75) is 6.92 Å². The Labute approximate surface area is 189 Å². The molecule has 2 nitrogen and oxygen atoms in total. The van der Waals surface area contributed by atoms with Gasteiger partial charge in [-0.1, -0.05) is 0 Å². The van der Waals surface area contributed by atoms with Gasteiger partial charge in [-0.2, -0.15) is 0 Å². The number of aryl methyl sites for hydroxylation is 1. The monoisotopic (exact) mass is 466 g/mol. The first-order chi connectivity index (χ1) is 15.3. The van der Waals surface area contributed by atoms with Crippen LogP contribution in [0.1, 0.15) is 5.56 Å². The summed E-state index contributed by atoms with van der Waals surface area (Å²) in [5.41, 5.74) is 6.91. The Morgan fingerprint density at radius 1 is 0.613 bits per heavy atom. The number of rotatable bonds is 5. The third kappa shape index (κ3) is 4.11. The molecule has 5 aromatic rings. The molecule has 0 spiro atoms. The van der Waals surface area contributed by atoms with Crippen molar-refractivity contribution in [2.75, 3.05) is 0 Å². The molecule has 150 valence electrons. The van der Waals surface area contributed by atoms with Crippen LogP contribution in [0.5, 0.6) is 0 Å². The molecule has 0 saturated carbocycles. The molecule has 0 N–H and O–H groups in total. The summed E-state index contributed by atoms with van der Waals surface area (Å²) in [7, 11) is 0. The molecule has 0 aliphatic rings. The zero-order valence-corrected chi connectivity index (χ0v) is 19.0. The zero-order chi connectivity index (χ0) is 21.0. The van der Waals surface area contributed by atoms with Gasteiger partial charge in [-0.15, -0.1) is 0 Å². The fourth-order valence-electron chi connectivity index (χ4n) is 3.61. The van der Waals surface area contributed by atoms with Gasteiger partial charge in [-0.3, -0.25) is 0 Å². The fraction of sp³-hybridized carbons (Fsp3) is 0.0357. The van der Waals surface area contributed by atoms with Crippen molar-refractivity contribution in [3.8, 4) is 28.2 Å². The summed E-state index contributed by atoms with van der Waals surface area (Å²) < 4.78 is 4.76. The van der Waals surface area contributed by atoms with Gasteiger partial charge in [-0.25, -0.2) is 0 Å². The van der Waals surface area contributed by atoms with Gasteiger partial charge < -0.3 is 0 Å². The Bertz CT molecular complexity index is 1280. The minimum absolute atomic E-state index is 0.111. The van der Waals surface area contributed by atoms with Crippen LogP contribution in [0.2, 0.25) is 0 Å². The maximum atomic E-state index is 5.18. The van der Waals surface area contributed by atoms with Gasteiger partial charge in [0.05, 0.1) is 0 Å². The van der Waals surface area contributed by atoms with Gasteiger partial charge >= 0.3 is 190 Å². The van der Waals surface area contributed by atoms with Crippen LogP contribution in [0.25, 0.3) is 28.2 Å². The molecule has 3 heteroatoms. The van der Waals surface area contributed by atoms with Crippen molar-refractivity contribution < 1.29 is 0 Å². The van der Waals surface area contributed by atoms with Crippen LogP contribution < -0.4 is 8.92 Å². The van der Waals surface area contributed by atoms with Crippen LogP contribution in [-0.2, 0) is 0 Å². The van der Waals surface area contributed by atoms with E-state index in [1.807, 2.05) is 6.07 Å². The zero-order valence-electron chi connectivity index (χ0n) is 17.3. The van der Waals surface area contributed by atoms with Crippen LogP contribution in [0.3, 0.4) is 0 Å². The van der Waals surface area contributed by atoms with E-state index in [4.69, 9.17) is 5.10 Å². The molecule has 0 amide bonds. The van der Waals surface area contributed by atoms with E-state index in [2.05, 4.69) is 121 Å². The molecule has 1 aromatic heterocycles. The normalized spacial score (nSPS) is 10.9. The maximum absolute atomic E-state index is 5.18. The average molecular weight is 465 g/mol. The Morgan fingerprint density at radius 3 is 1.84 bits per heavy atom. The molecule has 1 heterocycles. The van der Waals surface area contributed by atoms with Gasteiger partial charge in [0, 0.05) is 0 Å². The summed E-state index contributed by atoms with van der Waals surface area (Å²) in [6, 6.07) is 40.5. The Kier molecular flexibility index (Phi) is 5.54. The number of hydrogen-bond acceptors (Lipinski definition) is 1. The standard InChI is InChI=1S/C28H22N2Se/c1-21-17-19-23(20-18-21)27-28(31-25-15-9-4-10-16-25)26(22-11-5-2-6-12-22)29-30(27)24-13-7-3-8-14-24/h2-20H,1H3. The Hall–Kier alpha value is -3.39. The minimum atomic E-state index is 0.111. The van der Waals surface area contributed by atoms with Crippen molar-refractivity contribution in [1.82, 2.24) is 9.78 Å². The molecule has 0 radical (unpaired) electrons. The van der Waals surface area contributed by atoms with E-state index in [-0.39, 0.29) is 15.0 Å². The summed E-state index contributed by atoms with van der Waals surface area (Å²) in [6.07, 6.45) is 0. The molecular weight excluding hydrogens is 443 g/mol. The average Bonchev–Trinajstić information content (AvgIpc) is 3.20. The van der Waals surface area contributed by atoms with E-state index in [1.165, 1.54) is 25.7 Å². The Balaban J connectivity index is 1.80. The molecule has 0 fully saturated rings. The summed E-state index contributed by atoms with van der Waals surface area (Å²) in [6.45, 7) is 2.13. The van der Waals surface area contributed by atoms with Crippen molar-refractivity contribution in [2.24, 2.45) is 0 Å². The topological polar surface area (TPSA) is 17.8 Å². The van der Waals surface area contributed by atoms with Crippen molar-refractivity contribution >= 4 is 23.9 Å². The van der Waals surface area contributed by atoms with Gasteiger partial charge in [-0.05, 0) is 0 Å². The number of nitrogens with zero attached hydrogens (tertiary/aromatic N) is 2. The first kappa shape index (κ1) is 19.6. The first-order valence-corrected chi connectivity index (χ1v) is 12.0. The number of aromatic nitrogens is 2. The third-order valence-electron chi connectivity index (χ3n) is 5.18. The molecule has 0 aliphatic heterocycles. The quantitative estimate of drug-likeness (QED) is 0.328. The second-order valence-corrected chi connectivity index (χ2v) is 9.69. The van der Waals surface area contributed by atoms with Gasteiger partial charge in [0.15, 0.2) is 0 Å². The van der Waals surface area contributed by atoms with Crippen molar-refractivity contribution in [1.29, 1.82) is 0 Å². The summed E-state index contributed by atoms with van der Waals surface area (Å²) in [5, 5.41) is 5.18. The molecule has 0 unspecified atom stereocenters. The summed E-state index contributed by atoms with van der Waals surface area (Å²) in [5.74, 6) is 0. The molecule has 31 heavy (non-hydrogen) atoms. The van der Waals surface area contributed by atoms with E-state index in [0.717, 1.165) is 16.9 Å². The predicted octanol–water partition coefficient (Wildman–Crippen LogP) is 5.17. The molecule has 0 aliphatic carbocycles. The van der Waals surface area contributed by atoms with E-state index in [0.29, 0.717) is 0 Å².